The van der Waals surface area contributed by atoms with Crippen LogP contribution in [0.2, 0.25) is 0 Å². The second-order valence-corrected chi connectivity index (χ2v) is 6.29. The zero-order valence-corrected chi connectivity index (χ0v) is 14.5. The lowest BCUT2D eigenvalue weighted by Crippen LogP contribution is -2.25. The Balaban J connectivity index is 2.65. The first-order valence-electron chi connectivity index (χ1n) is 7.20. The minimum atomic E-state index is -0.185. The maximum Gasteiger partial charge on any atom is 0.129 e. The number of hydrogen-bond donors (Lipinski definition) is 1. The van der Waals surface area contributed by atoms with Crippen LogP contribution in [-0.4, -0.2) is 6.54 Å². The Morgan fingerprint density at radius 1 is 1.10 bits per heavy atom. The van der Waals surface area contributed by atoms with Crippen LogP contribution < -0.4 is 5.32 Å². The molecular weight excluding hydrogens is 329 g/mol. The molecule has 0 aliphatic heterocycles. The van der Waals surface area contributed by atoms with Gasteiger partial charge in [-0.2, -0.15) is 0 Å². The van der Waals surface area contributed by atoms with Gasteiger partial charge in [0, 0.05) is 10.0 Å². The fourth-order valence-electron chi connectivity index (χ4n) is 2.99. The maximum atomic E-state index is 14.4. The highest BCUT2D eigenvalue weighted by atomic mass is 79.9. The lowest BCUT2D eigenvalue weighted by Gasteiger charge is -2.25. The van der Waals surface area contributed by atoms with E-state index in [1.54, 1.807) is 6.07 Å². The molecule has 0 bridgehead atoms. The number of nitrogens with one attached hydrogen (secondary N) is 1. The molecule has 1 atom stereocenters. The van der Waals surface area contributed by atoms with E-state index in [0.717, 1.165) is 16.6 Å². The lowest BCUT2D eigenvalue weighted by atomic mass is 9.89. The van der Waals surface area contributed by atoms with E-state index in [-0.39, 0.29) is 11.9 Å². The zero-order chi connectivity index (χ0) is 15.6. The predicted octanol–water partition coefficient (Wildman–Crippen LogP) is 5.21. The van der Waals surface area contributed by atoms with Gasteiger partial charge in [-0.3, -0.25) is 0 Å². The fraction of sp³-hybridized carbons (Fsp3) is 0.333. The highest BCUT2D eigenvalue weighted by Gasteiger charge is 2.23. The molecule has 1 nitrogen and oxygen atoms in total. The molecule has 0 amide bonds. The molecule has 1 N–H and O–H groups in total. The van der Waals surface area contributed by atoms with E-state index in [2.05, 4.69) is 54.2 Å². The van der Waals surface area contributed by atoms with Gasteiger partial charge in [-0.1, -0.05) is 46.6 Å². The summed E-state index contributed by atoms with van der Waals surface area (Å²) < 4.78 is 15.2. The molecule has 0 spiro atoms. The average molecular weight is 350 g/mol. The summed E-state index contributed by atoms with van der Waals surface area (Å²) in [5.41, 5.74) is 5.45. The van der Waals surface area contributed by atoms with E-state index in [1.165, 1.54) is 22.8 Å². The molecule has 0 fully saturated rings. The van der Waals surface area contributed by atoms with Gasteiger partial charge in [-0.15, -0.1) is 0 Å². The van der Waals surface area contributed by atoms with Crippen molar-refractivity contribution >= 4 is 15.9 Å². The summed E-state index contributed by atoms with van der Waals surface area (Å²) >= 11 is 3.50. The van der Waals surface area contributed by atoms with Gasteiger partial charge >= 0.3 is 0 Å². The molecule has 0 radical (unpaired) electrons. The molecule has 1 unspecified atom stereocenters. The minimum Gasteiger partial charge on any atom is -0.306 e. The molecule has 0 aromatic heterocycles. The topological polar surface area (TPSA) is 12.0 Å². The van der Waals surface area contributed by atoms with Gasteiger partial charge in [0.05, 0.1) is 6.04 Å². The number of rotatable bonds is 4. The van der Waals surface area contributed by atoms with Crippen LogP contribution in [0, 0.1) is 26.6 Å². The Hall–Kier alpha value is -1.19. The summed E-state index contributed by atoms with van der Waals surface area (Å²) in [6, 6.07) is 9.29. The third-order valence-corrected chi connectivity index (χ3v) is 4.41. The van der Waals surface area contributed by atoms with E-state index >= 15 is 0 Å². The number of hydrogen-bond acceptors (Lipinski definition) is 1. The Bertz CT molecular complexity index is 608. The monoisotopic (exact) mass is 349 g/mol. The van der Waals surface area contributed by atoms with Crippen molar-refractivity contribution < 1.29 is 4.39 Å². The third kappa shape index (κ3) is 3.35. The van der Waals surface area contributed by atoms with Crippen molar-refractivity contribution in [2.24, 2.45) is 0 Å². The Kier molecular flexibility index (Phi) is 5.17. The van der Waals surface area contributed by atoms with Gasteiger partial charge in [-0.25, -0.2) is 4.39 Å². The third-order valence-electron chi connectivity index (χ3n) is 3.72. The molecular formula is C18H21BrFN. The molecule has 0 aliphatic carbocycles. The van der Waals surface area contributed by atoms with Crippen molar-refractivity contribution in [3.8, 4) is 0 Å². The summed E-state index contributed by atoms with van der Waals surface area (Å²) in [7, 11) is 0. The fourth-order valence-corrected chi connectivity index (χ4v) is 3.56. The normalized spacial score (nSPS) is 12.5. The van der Waals surface area contributed by atoms with Crippen LogP contribution in [0.5, 0.6) is 0 Å². The lowest BCUT2D eigenvalue weighted by molar-refractivity contribution is 0.554. The quantitative estimate of drug-likeness (QED) is 0.798. The largest absolute Gasteiger partial charge is 0.306 e. The SMILES string of the molecule is CCNC(c1c(C)cc(C)cc1C)c1c(F)cccc1Br. The molecule has 21 heavy (non-hydrogen) atoms. The van der Waals surface area contributed by atoms with Crippen LogP contribution in [-0.2, 0) is 0 Å². The molecule has 0 heterocycles. The van der Waals surface area contributed by atoms with Crippen LogP contribution in [0.1, 0.15) is 40.8 Å². The molecule has 3 heteroatoms. The van der Waals surface area contributed by atoms with Crippen molar-refractivity contribution in [2.45, 2.75) is 33.7 Å². The Morgan fingerprint density at radius 3 is 2.24 bits per heavy atom. The summed E-state index contributed by atoms with van der Waals surface area (Å²) in [5.74, 6) is -0.185. The first-order valence-corrected chi connectivity index (χ1v) is 8.00. The van der Waals surface area contributed by atoms with E-state index in [9.17, 15) is 4.39 Å². The molecule has 2 rings (SSSR count). The molecule has 0 saturated heterocycles. The second-order valence-electron chi connectivity index (χ2n) is 5.44. The molecule has 112 valence electrons. The summed E-state index contributed by atoms with van der Waals surface area (Å²) in [4.78, 5) is 0. The smallest absolute Gasteiger partial charge is 0.129 e. The highest BCUT2D eigenvalue weighted by molar-refractivity contribution is 9.10. The second kappa shape index (κ2) is 6.71. The summed E-state index contributed by atoms with van der Waals surface area (Å²) in [5, 5.41) is 3.43. The van der Waals surface area contributed by atoms with Crippen molar-refractivity contribution in [3.63, 3.8) is 0 Å². The van der Waals surface area contributed by atoms with Gasteiger partial charge in [0.1, 0.15) is 5.82 Å². The van der Waals surface area contributed by atoms with Crippen LogP contribution in [0.3, 0.4) is 0 Å². The van der Waals surface area contributed by atoms with Crippen LogP contribution >= 0.6 is 15.9 Å². The molecule has 2 aromatic rings. The average Bonchev–Trinajstić information content (AvgIpc) is 2.37. The standard InChI is InChI=1S/C18H21BrFN/c1-5-21-18(17-14(19)7-6-8-15(17)20)16-12(3)9-11(2)10-13(16)4/h6-10,18,21H,5H2,1-4H3. The number of halogens is 2. The predicted molar refractivity (Wildman–Crippen MR) is 90.3 cm³/mol. The summed E-state index contributed by atoms with van der Waals surface area (Å²) in [6.07, 6.45) is 0. The van der Waals surface area contributed by atoms with Gasteiger partial charge in [0.2, 0.25) is 0 Å². The van der Waals surface area contributed by atoms with E-state index in [0.29, 0.717) is 5.56 Å². The van der Waals surface area contributed by atoms with E-state index in [4.69, 9.17) is 0 Å². The molecule has 0 aliphatic rings. The van der Waals surface area contributed by atoms with Crippen LogP contribution in [0.25, 0.3) is 0 Å². The first-order chi connectivity index (χ1) is 9.95. The first kappa shape index (κ1) is 16.2. The highest BCUT2D eigenvalue weighted by Crippen LogP contribution is 2.34. The van der Waals surface area contributed by atoms with Crippen molar-refractivity contribution in [3.05, 3.63) is 68.4 Å². The van der Waals surface area contributed by atoms with Gasteiger partial charge in [-0.05, 0) is 56.1 Å². The summed E-state index contributed by atoms with van der Waals surface area (Å²) in [6.45, 7) is 9.09. The minimum absolute atomic E-state index is 0.147. The van der Waals surface area contributed by atoms with E-state index < -0.39 is 0 Å². The van der Waals surface area contributed by atoms with Gasteiger partial charge in [0.15, 0.2) is 0 Å². The van der Waals surface area contributed by atoms with Crippen molar-refractivity contribution in [1.29, 1.82) is 0 Å². The van der Waals surface area contributed by atoms with E-state index in [1.807, 2.05) is 13.0 Å². The number of aryl methyl sites for hydroxylation is 3. The Labute approximate surface area is 134 Å². The van der Waals surface area contributed by atoms with Crippen molar-refractivity contribution in [2.75, 3.05) is 6.54 Å². The van der Waals surface area contributed by atoms with Gasteiger partial charge < -0.3 is 5.32 Å². The molecule has 2 aromatic carbocycles. The van der Waals surface area contributed by atoms with Crippen molar-refractivity contribution in [1.82, 2.24) is 5.32 Å². The maximum absolute atomic E-state index is 14.4. The van der Waals surface area contributed by atoms with Crippen LogP contribution in [0.4, 0.5) is 4.39 Å². The zero-order valence-electron chi connectivity index (χ0n) is 12.9. The molecule has 0 saturated carbocycles. The number of benzene rings is 2. The van der Waals surface area contributed by atoms with Gasteiger partial charge in [0.25, 0.3) is 0 Å². The Morgan fingerprint density at radius 2 is 1.71 bits per heavy atom. The van der Waals surface area contributed by atoms with Crippen LogP contribution in [0.15, 0.2) is 34.8 Å².